The smallest absolute Gasteiger partial charge is 0.164 e. The van der Waals surface area contributed by atoms with Crippen LogP contribution in [-0.4, -0.2) is 19.5 Å². The third-order valence-electron chi connectivity index (χ3n) is 12.4. The third kappa shape index (κ3) is 5.38. The molecule has 62 heavy (non-hydrogen) atoms. The largest absolute Gasteiger partial charge is 0.455 e. The molecule has 5 heteroatoms. The van der Waals surface area contributed by atoms with Gasteiger partial charge in [-0.15, -0.1) is 0 Å². The normalized spacial score (nSPS) is 11.9. The molecule has 0 fully saturated rings. The van der Waals surface area contributed by atoms with E-state index >= 15 is 0 Å². The van der Waals surface area contributed by atoms with Gasteiger partial charge in [-0.25, -0.2) is 15.0 Å². The van der Waals surface area contributed by atoms with Gasteiger partial charge in [0.25, 0.3) is 0 Å². The SMILES string of the molecule is c1ccc(-c2ccc(-c3nc(-c4ccccc4)nc(-c4ccc5oc6c7ccccc7c(-n7c8cc9ccccc9cc8c8ccc9ccccc9c87)cc6c5c4)n3)cc2)cc1. The molecule has 0 saturated heterocycles. The van der Waals surface area contributed by atoms with Crippen LogP contribution in [-0.2, 0) is 0 Å². The van der Waals surface area contributed by atoms with Crippen LogP contribution in [0, 0.1) is 0 Å². The van der Waals surface area contributed by atoms with Crippen molar-refractivity contribution in [1.82, 2.24) is 19.5 Å². The van der Waals surface area contributed by atoms with Crippen molar-refractivity contribution in [2.24, 2.45) is 0 Å². The van der Waals surface area contributed by atoms with Gasteiger partial charge in [0.1, 0.15) is 11.2 Å². The number of nitrogens with zero attached hydrogens (tertiary/aromatic N) is 4. The van der Waals surface area contributed by atoms with E-state index in [4.69, 9.17) is 19.4 Å². The molecule has 5 nitrogen and oxygen atoms in total. The molecule has 0 aliphatic rings. The van der Waals surface area contributed by atoms with Crippen LogP contribution in [0.4, 0.5) is 0 Å². The van der Waals surface area contributed by atoms with Gasteiger partial charge in [0.05, 0.1) is 16.7 Å². The lowest BCUT2D eigenvalue weighted by molar-refractivity contribution is 0.672. The zero-order valence-corrected chi connectivity index (χ0v) is 33.3. The Kier molecular flexibility index (Phi) is 7.54. The van der Waals surface area contributed by atoms with E-state index < -0.39 is 0 Å². The zero-order chi connectivity index (χ0) is 40.7. The summed E-state index contributed by atoms with van der Waals surface area (Å²) < 4.78 is 9.29. The topological polar surface area (TPSA) is 56.7 Å². The maximum absolute atomic E-state index is 6.80. The number of fused-ring (bicyclic) bond motifs is 11. The van der Waals surface area contributed by atoms with E-state index in [0.29, 0.717) is 17.5 Å². The fourth-order valence-corrected chi connectivity index (χ4v) is 9.41. The molecule has 13 rings (SSSR count). The Bertz CT molecular complexity index is 3910. The quantitative estimate of drug-likeness (QED) is 0.174. The van der Waals surface area contributed by atoms with E-state index in [-0.39, 0.29) is 0 Å². The predicted molar refractivity (Wildman–Crippen MR) is 256 cm³/mol. The first-order valence-electron chi connectivity index (χ1n) is 20.9. The molecule has 3 heterocycles. The third-order valence-corrected chi connectivity index (χ3v) is 12.4. The molecule has 0 spiro atoms. The molecule has 288 valence electrons. The van der Waals surface area contributed by atoms with E-state index in [9.17, 15) is 0 Å². The Morgan fingerprint density at radius 1 is 0.323 bits per heavy atom. The highest BCUT2D eigenvalue weighted by Crippen LogP contribution is 2.44. The number of benzene rings is 10. The van der Waals surface area contributed by atoms with Crippen LogP contribution in [0.1, 0.15) is 0 Å². The van der Waals surface area contributed by atoms with E-state index in [2.05, 4.69) is 174 Å². The molecule has 0 aliphatic carbocycles. The number of hydrogen-bond acceptors (Lipinski definition) is 4. The van der Waals surface area contributed by atoms with Gasteiger partial charge < -0.3 is 8.98 Å². The Hall–Kier alpha value is -8.41. The van der Waals surface area contributed by atoms with Crippen molar-refractivity contribution in [2.75, 3.05) is 0 Å². The van der Waals surface area contributed by atoms with Gasteiger partial charge in [-0.1, -0.05) is 170 Å². The molecular formula is C57H34N4O. The summed E-state index contributed by atoms with van der Waals surface area (Å²) in [7, 11) is 0. The first kappa shape index (κ1) is 34.5. The summed E-state index contributed by atoms with van der Waals surface area (Å²) in [6, 6.07) is 72.8. The molecule has 0 N–H and O–H groups in total. The van der Waals surface area contributed by atoms with Gasteiger partial charge in [-0.3, -0.25) is 0 Å². The summed E-state index contributed by atoms with van der Waals surface area (Å²) in [6.45, 7) is 0. The van der Waals surface area contributed by atoms with Crippen LogP contribution in [0.3, 0.4) is 0 Å². The minimum absolute atomic E-state index is 0.596. The highest BCUT2D eigenvalue weighted by atomic mass is 16.3. The fourth-order valence-electron chi connectivity index (χ4n) is 9.41. The zero-order valence-electron chi connectivity index (χ0n) is 33.3. The van der Waals surface area contributed by atoms with Crippen LogP contribution in [0.2, 0.25) is 0 Å². The molecule has 0 unspecified atom stereocenters. The standard InChI is InChI=1S/C57H34N4O/c1-3-13-35(14-4-1)36-23-25-39(26-24-36)56-58-55(38-16-5-2-6-17-38)59-57(60-56)42-28-30-52-48(32-42)49-34-51(44-21-11-12-22-46(44)54(49)62-52)61-50-33-41-19-8-7-18-40(41)31-47(50)45-29-27-37-15-9-10-20-43(37)53(45)61/h1-34H. The average molecular weight is 791 g/mol. The Morgan fingerprint density at radius 3 is 1.61 bits per heavy atom. The van der Waals surface area contributed by atoms with Crippen LogP contribution < -0.4 is 0 Å². The molecule has 0 bridgehead atoms. The summed E-state index contributed by atoms with van der Waals surface area (Å²) in [5.74, 6) is 1.83. The lowest BCUT2D eigenvalue weighted by Crippen LogP contribution is -2.00. The Morgan fingerprint density at radius 2 is 0.871 bits per heavy atom. The van der Waals surface area contributed by atoms with Crippen molar-refractivity contribution in [3.05, 3.63) is 206 Å². The fraction of sp³-hybridized carbons (Fsp3) is 0. The summed E-state index contributed by atoms with van der Waals surface area (Å²) in [5, 5.41) is 11.5. The molecule has 13 aromatic rings. The lowest BCUT2D eigenvalue weighted by atomic mass is 10.0. The molecular weight excluding hydrogens is 757 g/mol. The minimum Gasteiger partial charge on any atom is -0.455 e. The van der Waals surface area contributed by atoms with Crippen molar-refractivity contribution in [1.29, 1.82) is 0 Å². The maximum Gasteiger partial charge on any atom is 0.164 e. The summed E-state index contributed by atoms with van der Waals surface area (Å²) in [4.78, 5) is 15.3. The molecule has 0 saturated carbocycles. The van der Waals surface area contributed by atoms with Crippen molar-refractivity contribution in [3.63, 3.8) is 0 Å². The molecule has 0 radical (unpaired) electrons. The van der Waals surface area contributed by atoms with Crippen molar-refractivity contribution in [2.45, 2.75) is 0 Å². The van der Waals surface area contributed by atoms with Crippen LogP contribution in [0.25, 0.3) is 127 Å². The Labute approximate surface area is 355 Å². The van der Waals surface area contributed by atoms with Crippen LogP contribution in [0.15, 0.2) is 211 Å². The van der Waals surface area contributed by atoms with Crippen molar-refractivity contribution >= 4 is 76.1 Å². The first-order valence-corrected chi connectivity index (χ1v) is 20.9. The summed E-state index contributed by atoms with van der Waals surface area (Å²) in [6.07, 6.45) is 0. The number of rotatable bonds is 5. The second-order valence-corrected chi connectivity index (χ2v) is 16.0. The van der Waals surface area contributed by atoms with Gasteiger partial charge >= 0.3 is 0 Å². The Balaban J connectivity index is 1.05. The highest BCUT2D eigenvalue weighted by Gasteiger charge is 2.22. The summed E-state index contributed by atoms with van der Waals surface area (Å²) in [5.41, 5.74) is 10.1. The number of hydrogen-bond donors (Lipinski definition) is 0. The number of aromatic nitrogens is 4. The average Bonchev–Trinajstić information content (AvgIpc) is 3.88. The first-order chi connectivity index (χ1) is 30.7. The summed E-state index contributed by atoms with van der Waals surface area (Å²) >= 11 is 0. The van der Waals surface area contributed by atoms with Crippen molar-refractivity contribution in [3.8, 4) is 51.0 Å². The van der Waals surface area contributed by atoms with E-state index in [1.54, 1.807) is 0 Å². The lowest BCUT2D eigenvalue weighted by Gasteiger charge is -2.14. The highest BCUT2D eigenvalue weighted by molar-refractivity contribution is 6.23. The van der Waals surface area contributed by atoms with Gasteiger partial charge in [-0.2, -0.15) is 0 Å². The van der Waals surface area contributed by atoms with Gasteiger partial charge in [0.15, 0.2) is 17.5 Å². The van der Waals surface area contributed by atoms with Gasteiger partial charge in [0.2, 0.25) is 0 Å². The van der Waals surface area contributed by atoms with Crippen molar-refractivity contribution < 1.29 is 4.42 Å². The van der Waals surface area contributed by atoms with Crippen LogP contribution in [0.5, 0.6) is 0 Å². The second-order valence-electron chi connectivity index (χ2n) is 16.0. The van der Waals surface area contributed by atoms with Crippen LogP contribution >= 0.6 is 0 Å². The monoisotopic (exact) mass is 790 g/mol. The second kappa shape index (κ2) is 13.6. The van der Waals surface area contributed by atoms with Gasteiger partial charge in [-0.05, 0) is 63.7 Å². The van der Waals surface area contributed by atoms with E-state index in [1.807, 2.05) is 36.4 Å². The number of furan rings is 1. The minimum atomic E-state index is 0.596. The molecule has 0 amide bonds. The van der Waals surface area contributed by atoms with E-state index in [1.165, 1.54) is 37.8 Å². The maximum atomic E-state index is 6.80. The van der Waals surface area contributed by atoms with Gasteiger partial charge in [0, 0.05) is 54.4 Å². The molecule has 0 atom stereocenters. The molecule has 10 aromatic carbocycles. The molecule has 3 aromatic heterocycles. The van der Waals surface area contributed by atoms with E-state index in [0.717, 1.165) is 71.7 Å². The predicted octanol–water partition coefficient (Wildman–Crippen LogP) is 15.0. The molecule has 0 aliphatic heterocycles.